The quantitative estimate of drug-likeness (QED) is 0.697. The van der Waals surface area contributed by atoms with Crippen molar-refractivity contribution in [3.8, 4) is 0 Å². The molecule has 0 spiro atoms. The average molecular weight is 195 g/mol. The summed E-state index contributed by atoms with van der Waals surface area (Å²) < 4.78 is 19.5. The first kappa shape index (κ1) is 9.46. The van der Waals surface area contributed by atoms with Crippen molar-refractivity contribution in [2.24, 2.45) is 0 Å². The fourth-order valence-electron chi connectivity index (χ4n) is 1.80. The van der Waals surface area contributed by atoms with E-state index < -0.39 is 5.67 Å². The van der Waals surface area contributed by atoms with Crippen molar-refractivity contribution in [2.45, 2.75) is 18.5 Å². The SMILES string of the molecule is Nc1cccc(C2(F)CCOCC2)c1. The zero-order chi connectivity index (χ0) is 10.0. The van der Waals surface area contributed by atoms with Crippen LogP contribution in [0.1, 0.15) is 18.4 Å². The number of rotatable bonds is 1. The molecule has 76 valence electrons. The highest BCUT2D eigenvalue weighted by Gasteiger charge is 2.34. The molecule has 2 nitrogen and oxygen atoms in total. The Balaban J connectivity index is 2.28. The molecule has 14 heavy (non-hydrogen) atoms. The molecule has 0 saturated carbocycles. The highest BCUT2D eigenvalue weighted by Crippen LogP contribution is 2.36. The number of nitrogens with two attached hydrogens (primary N) is 1. The van der Waals surface area contributed by atoms with Gasteiger partial charge >= 0.3 is 0 Å². The largest absolute Gasteiger partial charge is 0.399 e. The fourth-order valence-corrected chi connectivity index (χ4v) is 1.80. The highest BCUT2D eigenvalue weighted by molar-refractivity contribution is 5.42. The number of ether oxygens (including phenoxy) is 1. The van der Waals surface area contributed by atoms with Gasteiger partial charge in [-0.05, 0) is 17.7 Å². The van der Waals surface area contributed by atoms with Gasteiger partial charge in [0.15, 0.2) is 0 Å². The number of alkyl halides is 1. The van der Waals surface area contributed by atoms with Gasteiger partial charge in [-0.25, -0.2) is 4.39 Å². The number of halogens is 1. The Morgan fingerprint density at radius 1 is 1.29 bits per heavy atom. The molecule has 0 amide bonds. The molecule has 0 radical (unpaired) electrons. The van der Waals surface area contributed by atoms with Crippen molar-refractivity contribution >= 4 is 5.69 Å². The van der Waals surface area contributed by atoms with Crippen molar-refractivity contribution in [1.29, 1.82) is 0 Å². The zero-order valence-electron chi connectivity index (χ0n) is 8.00. The van der Waals surface area contributed by atoms with E-state index in [1.165, 1.54) is 0 Å². The van der Waals surface area contributed by atoms with E-state index in [1.807, 2.05) is 0 Å². The lowest BCUT2D eigenvalue weighted by molar-refractivity contribution is -0.0114. The summed E-state index contributed by atoms with van der Waals surface area (Å²) in [6.45, 7) is 0.983. The van der Waals surface area contributed by atoms with Gasteiger partial charge in [0, 0.05) is 31.7 Å². The van der Waals surface area contributed by atoms with Crippen molar-refractivity contribution < 1.29 is 9.13 Å². The van der Waals surface area contributed by atoms with Crippen LogP contribution in [0.4, 0.5) is 10.1 Å². The minimum atomic E-state index is -1.24. The lowest BCUT2D eigenvalue weighted by Gasteiger charge is -2.30. The van der Waals surface area contributed by atoms with Crippen LogP contribution in [0, 0.1) is 0 Å². The van der Waals surface area contributed by atoms with Crippen molar-refractivity contribution in [3.05, 3.63) is 29.8 Å². The summed E-state index contributed by atoms with van der Waals surface area (Å²) >= 11 is 0. The molecule has 0 bridgehead atoms. The van der Waals surface area contributed by atoms with Crippen molar-refractivity contribution in [3.63, 3.8) is 0 Å². The van der Waals surface area contributed by atoms with E-state index in [4.69, 9.17) is 10.5 Å². The van der Waals surface area contributed by atoms with Gasteiger partial charge in [0.05, 0.1) is 0 Å². The van der Waals surface area contributed by atoms with E-state index in [2.05, 4.69) is 0 Å². The van der Waals surface area contributed by atoms with Crippen LogP contribution in [0.5, 0.6) is 0 Å². The summed E-state index contributed by atoms with van der Waals surface area (Å²) in [6, 6.07) is 7.07. The Morgan fingerprint density at radius 2 is 2.00 bits per heavy atom. The van der Waals surface area contributed by atoms with Crippen molar-refractivity contribution in [1.82, 2.24) is 0 Å². The van der Waals surface area contributed by atoms with Gasteiger partial charge in [-0.15, -0.1) is 0 Å². The first-order valence-corrected chi connectivity index (χ1v) is 4.83. The van der Waals surface area contributed by atoms with Crippen molar-refractivity contribution in [2.75, 3.05) is 18.9 Å². The molecule has 0 aromatic heterocycles. The average Bonchev–Trinajstić information content (AvgIpc) is 2.19. The molecule has 0 unspecified atom stereocenters. The molecule has 1 heterocycles. The second-order valence-corrected chi connectivity index (χ2v) is 3.70. The Kier molecular flexibility index (Phi) is 2.42. The molecule has 3 heteroatoms. The molecule has 0 aliphatic carbocycles. The maximum Gasteiger partial charge on any atom is 0.140 e. The number of hydrogen-bond acceptors (Lipinski definition) is 2. The predicted octanol–water partition coefficient (Wildman–Crippen LogP) is 2.24. The lowest BCUT2D eigenvalue weighted by atomic mass is 9.88. The van der Waals surface area contributed by atoms with E-state index in [9.17, 15) is 4.39 Å². The minimum Gasteiger partial charge on any atom is -0.399 e. The van der Waals surface area contributed by atoms with Gasteiger partial charge in [0.2, 0.25) is 0 Å². The molecular formula is C11H14FNO. The summed E-state index contributed by atoms with van der Waals surface area (Å²) in [5.41, 5.74) is 5.68. The summed E-state index contributed by atoms with van der Waals surface area (Å²) in [4.78, 5) is 0. The van der Waals surface area contributed by atoms with Crippen LogP contribution >= 0.6 is 0 Å². The third-order valence-electron chi connectivity index (χ3n) is 2.69. The van der Waals surface area contributed by atoms with Crippen LogP contribution in [0.2, 0.25) is 0 Å². The minimum absolute atomic E-state index is 0.427. The van der Waals surface area contributed by atoms with Gasteiger partial charge < -0.3 is 10.5 Å². The molecule has 1 fully saturated rings. The van der Waals surface area contributed by atoms with Gasteiger partial charge in [-0.3, -0.25) is 0 Å². The topological polar surface area (TPSA) is 35.2 Å². The van der Waals surface area contributed by atoms with Crippen LogP contribution in [-0.4, -0.2) is 13.2 Å². The molecule has 1 aliphatic rings. The summed E-state index contributed by atoms with van der Waals surface area (Å²) in [5, 5.41) is 0. The lowest BCUT2D eigenvalue weighted by Crippen LogP contribution is -2.29. The number of nitrogen functional groups attached to an aromatic ring is 1. The first-order valence-electron chi connectivity index (χ1n) is 4.83. The van der Waals surface area contributed by atoms with Crippen LogP contribution in [0.25, 0.3) is 0 Å². The summed E-state index contributed by atoms with van der Waals surface area (Å²) in [6.07, 6.45) is 0.854. The molecule has 1 aliphatic heterocycles. The maximum absolute atomic E-state index is 14.3. The van der Waals surface area contributed by atoms with Gasteiger partial charge in [-0.2, -0.15) is 0 Å². The Bertz CT molecular complexity index is 321. The first-order chi connectivity index (χ1) is 6.71. The Labute approximate surface area is 82.9 Å². The molecule has 1 saturated heterocycles. The van der Waals surface area contributed by atoms with E-state index in [0.29, 0.717) is 37.3 Å². The van der Waals surface area contributed by atoms with Gasteiger partial charge in [0.1, 0.15) is 5.67 Å². The van der Waals surface area contributed by atoms with E-state index in [1.54, 1.807) is 24.3 Å². The summed E-state index contributed by atoms with van der Waals surface area (Å²) in [5.74, 6) is 0. The Hall–Kier alpha value is -1.09. The third kappa shape index (κ3) is 1.73. The number of anilines is 1. The zero-order valence-corrected chi connectivity index (χ0v) is 8.00. The smallest absolute Gasteiger partial charge is 0.140 e. The van der Waals surface area contributed by atoms with Gasteiger partial charge in [0.25, 0.3) is 0 Å². The molecule has 0 atom stereocenters. The van der Waals surface area contributed by atoms with Crippen LogP contribution in [-0.2, 0) is 10.4 Å². The number of hydrogen-bond donors (Lipinski definition) is 1. The fraction of sp³-hybridized carbons (Fsp3) is 0.455. The summed E-state index contributed by atoms with van der Waals surface area (Å²) in [7, 11) is 0. The van der Waals surface area contributed by atoms with Crippen LogP contribution < -0.4 is 5.73 Å². The molecule has 2 rings (SSSR count). The third-order valence-corrected chi connectivity index (χ3v) is 2.69. The molecule has 1 aromatic carbocycles. The maximum atomic E-state index is 14.3. The van der Waals surface area contributed by atoms with Crippen LogP contribution in [0.3, 0.4) is 0 Å². The number of benzene rings is 1. The second kappa shape index (κ2) is 3.58. The van der Waals surface area contributed by atoms with E-state index in [0.717, 1.165) is 0 Å². The van der Waals surface area contributed by atoms with Gasteiger partial charge in [-0.1, -0.05) is 12.1 Å². The highest BCUT2D eigenvalue weighted by atomic mass is 19.1. The molecular weight excluding hydrogens is 181 g/mol. The second-order valence-electron chi connectivity index (χ2n) is 3.70. The monoisotopic (exact) mass is 195 g/mol. The van der Waals surface area contributed by atoms with Crippen LogP contribution in [0.15, 0.2) is 24.3 Å². The van der Waals surface area contributed by atoms with E-state index in [-0.39, 0.29) is 0 Å². The normalized spacial score (nSPS) is 20.6. The molecule has 2 N–H and O–H groups in total. The predicted molar refractivity (Wildman–Crippen MR) is 53.7 cm³/mol. The molecule has 1 aromatic rings. The standard InChI is InChI=1S/C11H14FNO/c12-11(4-6-14-7-5-11)9-2-1-3-10(13)8-9/h1-3,8H,4-7,13H2. The Morgan fingerprint density at radius 3 is 2.64 bits per heavy atom. The van der Waals surface area contributed by atoms with E-state index >= 15 is 0 Å².